The van der Waals surface area contributed by atoms with Crippen molar-refractivity contribution >= 4 is 17.6 Å². The van der Waals surface area contributed by atoms with Gasteiger partial charge in [-0.2, -0.15) is 0 Å². The van der Waals surface area contributed by atoms with Crippen LogP contribution in [0.3, 0.4) is 0 Å². The monoisotopic (exact) mass is 315 g/mol. The van der Waals surface area contributed by atoms with Gasteiger partial charge in [-0.25, -0.2) is 0 Å². The summed E-state index contributed by atoms with van der Waals surface area (Å²) in [5, 5.41) is 0. The molecular weight excluding hydrogens is 294 g/mol. The molecule has 0 radical (unpaired) electrons. The van der Waals surface area contributed by atoms with Gasteiger partial charge in [0.1, 0.15) is 0 Å². The highest BCUT2D eigenvalue weighted by Crippen LogP contribution is 2.49. The molecule has 5 nitrogen and oxygen atoms in total. The minimum Gasteiger partial charge on any atom is -0.422 e. The summed E-state index contributed by atoms with van der Waals surface area (Å²) < 4.78 is 11.0. The van der Waals surface area contributed by atoms with E-state index in [2.05, 4.69) is 11.0 Å². The second kappa shape index (κ2) is 4.73. The van der Waals surface area contributed by atoms with Crippen LogP contribution in [0.1, 0.15) is 38.7 Å². The van der Waals surface area contributed by atoms with Gasteiger partial charge in [0, 0.05) is 32.5 Å². The topological polar surface area (TPSA) is 55.8 Å². The van der Waals surface area contributed by atoms with Crippen LogP contribution in [0.15, 0.2) is 24.3 Å². The molecular formula is C18H21NO4. The Bertz CT molecular complexity index is 661. The zero-order valence-corrected chi connectivity index (χ0v) is 13.5. The molecule has 3 aliphatic heterocycles. The molecule has 3 heterocycles. The largest absolute Gasteiger partial charge is 0.422 e. The Hall–Kier alpha value is -2.04. The van der Waals surface area contributed by atoms with Gasteiger partial charge in [-0.3, -0.25) is 9.59 Å². The lowest BCUT2D eigenvalue weighted by Crippen LogP contribution is -2.66. The van der Waals surface area contributed by atoms with Crippen LogP contribution in [0.5, 0.6) is 0 Å². The molecule has 1 atom stereocenters. The maximum Gasteiger partial charge on any atom is 0.329 e. The highest BCUT2D eigenvalue weighted by atomic mass is 16.7. The van der Waals surface area contributed by atoms with Crippen LogP contribution in [-0.2, 0) is 25.5 Å². The van der Waals surface area contributed by atoms with E-state index in [4.69, 9.17) is 9.47 Å². The van der Waals surface area contributed by atoms with Gasteiger partial charge in [-0.1, -0.05) is 18.2 Å². The van der Waals surface area contributed by atoms with Crippen molar-refractivity contribution in [3.63, 3.8) is 0 Å². The van der Waals surface area contributed by atoms with E-state index in [1.165, 1.54) is 0 Å². The smallest absolute Gasteiger partial charge is 0.329 e. The van der Waals surface area contributed by atoms with Crippen molar-refractivity contribution in [3.05, 3.63) is 29.8 Å². The molecule has 0 aromatic heterocycles. The minimum atomic E-state index is -1.23. The average Bonchev–Trinajstić information content (AvgIpc) is 2.51. The van der Waals surface area contributed by atoms with Crippen molar-refractivity contribution in [2.45, 2.75) is 51.4 Å². The molecule has 3 aliphatic rings. The number of para-hydroxylation sites is 1. The van der Waals surface area contributed by atoms with Crippen molar-refractivity contribution in [3.8, 4) is 0 Å². The van der Waals surface area contributed by atoms with E-state index in [-0.39, 0.29) is 6.04 Å². The Morgan fingerprint density at radius 1 is 1.09 bits per heavy atom. The number of carbonyl (C=O) groups is 2. The number of fused-ring (bicyclic) bond motifs is 4. The summed E-state index contributed by atoms with van der Waals surface area (Å²) in [6.07, 6.45) is 3.24. The Kier molecular flexibility index (Phi) is 2.99. The average molecular weight is 315 g/mol. The first-order valence-electron chi connectivity index (χ1n) is 8.25. The number of benzene rings is 1. The number of esters is 2. The van der Waals surface area contributed by atoms with E-state index >= 15 is 0 Å². The molecule has 5 heteroatoms. The summed E-state index contributed by atoms with van der Waals surface area (Å²) in [5.74, 6) is -2.06. The quantitative estimate of drug-likeness (QED) is 0.543. The number of anilines is 1. The van der Waals surface area contributed by atoms with Crippen LogP contribution < -0.4 is 4.90 Å². The summed E-state index contributed by atoms with van der Waals surface area (Å²) in [4.78, 5) is 28.0. The van der Waals surface area contributed by atoms with Crippen LogP contribution in [0.2, 0.25) is 0 Å². The summed E-state index contributed by atoms with van der Waals surface area (Å²) in [6, 6.07) is 7.83. The molecule has 0 saturated carbocycles. The third-order valence-corrected chi connectivity index (χ3v) is 5.25. The molecule has 2 fully saturated rings. The third kappa shape index (κ3) is 1.98. The number of piperidine rings is 1. The molecule has 0 bridgehead atoms. The van der Waals surface area contributed by atoms with Gasteiger partial charge in [0.2, 0.25) is 0 Å². The van der Waals surface area contributed by atoms with E-state index < -0.39 is 23.1 Å². The molecule has 0 amide bonds. The fourth-order valence-corrected chi connectivity index (χ4v) is 4.24. The molecule has 4 rings (SSSR count). The van der Waals surface area contributed by atoms with Crippen LogP contribution in [0, 0.1) is 5.41 Å². The van der Waals surface area contributed by atoms with Crippen LogP contribution in [0.25, 0.3) is 0 Å². The van der Waals surface area contributed by atoms with Crippen molar-refractivity contribution in [2.75, 3.05) is 11.4 Å². The van der Waals surface area contributed by atoms with Gasteiger partial charge in [0.05, 0.1) is 6.04 Å². The minimum absolute atomic E-state index is 0.178. The molecule has 122 valence electrons. The lowest BCUT2D eigenvalue weighted by Gasteiger charge is -2.53. The first kappa shape index (κ1) is 14.5. The fourth-order valence-electron chi connectivity index (χ4n) is 4.24. The molecule has 2 saturated heterocycles. The van der Waals surface area contributed by atoms with E-state index in [0.717, 1.165) is 37.1 Å². The molecule has 1 spiro atoms. The molecule has 1 aromatic carbocycles. The number of ether oxygens (including phenoxy) is 2. The third-order valence-electron chi connectivity index (χ3n) is 5.25. The normalized spacial score (nSPS) is 27.7. The fraction of sp³-hybridized carbons (Fsp3) is 0.556. The second-order valence-electron chi connectivity index (χ2n) is 7.16. The lowest BCUT2D eigenvalue weighted by atomic mass is 9.68. The van der Waals surface area contributed by atoms with E-state index in [1.54, 1.807) is 13.8 Å². The van der Waals surface area contributed by atoms with Crippen LogP contribution >= 0.6 is 0 Å². The van der Waals surface area contributed by atoms with Crippen LogP contribution in [0.4, 0.5) is 5.69 Å². The first-order chi connectivity index (χ1) is 10.9. The molecule has 1 aromatic rings. The Balaban J connectivity index is 1.85. The zero-order valence-electron chi connectivity index (χ0n) is 13.5. The number of nitrogens with zero attached hydrogens (tertiary/aromatic N) is 1. The summed E-state index contributed by atoms with van der Waals surface area (Å²) in [5.41, 5.74) is 0.914. The zero-order chi connectivity index (χ0) is 16.2. The van der Waals surface area contributed by atoms with Gasteiger partial charge in [-0.05, 0) is 30.9 Å². The predicted octanol–water partition coefficient (Wildman–Crippen LogP) is 2.42. The van der Waals surface area contributed by atoms with Gasteiger partial charge in [0.15, 0.2) is 5.41 Å². The van der Waals surface area contributed by atoms with Gasteiger partial charge in [0.25, 0.3) is 5.79 Å². The summed E-state index contributed by atoms with van der Waals surface area (Å²) in [6.45, 7) is 4.06. The highest BCUT2D eigenvalue weighted by Gasteiger charge is 2.63. The van der Waals surface area contributed by atoms with Gasteiger partial charge in [-0.15, -0.1) is 0 Å². The van der Waals surface area contributed by atoms with Crippen molar-refractivity contribution < 1.29 is 19.1 Å². The molecule has 0 aliphatic carbocycles. The Morgan fingerprint density at radius 2 is 1.78 bits per heavy atom. The highest BCUT2D eigenvalue weighted by molar-refractivity contribution is 6.04. The van der Waals surface area contributed by atoms with Gasteiger partial charge >= 0.3 is 11.9 Å². The molecule has 23 heavy (non-hydrogen) atoms. The summed E-state index contributed by atoms with van der Waals surface area (Å²) >= 11 is 0. The van der Waals surface area contributed by atoms with Gasteiger partial charge < -0.3 is 14.4 Å². The van der Waals surface area contributed by atoms with Crippen molar-refractivity contribution in [1.29, 1.82) is 0 Å². The maximum atomic E-state index is 12.9. The number of carbonyl (C=O) groups excluding carboxylic acids is 2. The Labute approximate surface area is 135 Å². The standard InChI is InChI=1S/C18H21NO4/c1-17(2)22-15(20)18(16(21)23-17)11-12-7-3-4-8-13(12)19-10-6-5-9-14(18)19/h3-4,7-8,14H,5-6,9-11H2,1-2H3/t14-/m0/s1. The molecule has 0 unspecified atom stereocenters. The number of cyclic esters (lactones) is 2. The predicted molar refractivity (Wildman–Crippen MR) is 83.8 cm³/mol. The number of hydrogen-bond donors (Lipinski definition) is 0. The maximum absolute atomic E-state index is 12.9. The SMILES string of the molecule is CC1(C)OC(=O)C2(Cc3ccccc3N3CCCC[C@H]32)C(=O)O1. The van der Waals surface area contributed by atoms with Crippen molar-refractivity contribution in [2.24, 2.45) is 5.41 Å². The first-order valence-corrected chi connectivity index (χ1v) is 8.25. The van der Waals surface area contributed by atoms with Crippen molar-refractivity contribution in [1.82, 2.24) is 0 Å². The summed E-state index contributed by atoms with van der Waals surface area (Å²) in [7, 11) is 0. The number of hydrogen-bond acceptors (Lipinski definition) is 5. The molecule has 0 N–H and O–H groups in total. The van der Waals surface area contributed by atoms with E-state index in [0.29, 0.717) is 6.42 Å². The second-order valence-corrected chi connectivity index (χ2v) is 7.16. The van der Waals surface area contributed by atoms with Crippen LogP contribution in [-0.4, -0.2) is 30.3 Å². The number of rotatable bonds is 0. The van der Waals surface area contributed by atoms with E-state index in [9.17, 15) is 9.59 Å². The lowest BCUT2D eigenvalue weighted by molar-refractivity contribution is -0.253. The van der Waals surface area contributed by atoms with E-state index in [1.807, 2.05) is 18.2 Å². The Morgan fingerprint density at radius 3 is 2.52 bits per heavy atom.